The highest BCUT2D eigenvalue weighted by atomic mass is 16.2. The molecule has 5 nitrogen and oxygen atoms in total. The lowest BCUT2D eigenvalue weighted by atomic mass is 10.4. The zero-order valence-corrected chi connectivity index (χ0v) is 9.00. The van der Waals surface area contributed by atoms with Crippen molar-refractivity contribution in [2.75, 3.05) is 0 Å². The van der Waals surface area contributed by atoms with Crippen LogP contribution in [-0.4, -0.2) is 14.1 Å². The zero-order chi connectivity index (χ0) is 11.2. The van der Waals surface area contributed by atoms with Gasteiger partial charge >= 0.3 is 5.69 Å². The van der Waals surface area contributed by atoms with Crippen LogP contribution in [0.2, 0.25) is 0 Å². The van der Waals surface area contributed by atoms with Crippen molar-refractivity contribution in [3.8, 4) is 0 Å². The third-order valence-electron chi connectivity index (χ3n) is 2.72. The molecule has 0 amide bonds. The Morgan fingerprint density at radius 2 is 2.07 bits per heavy atom. The molecule has 2 heterocycles. The van der Waals surface area contributed by atoms with Crippen molar-refractivity contribution in [3.63, 3.8) is 0 Å². The van der Waals surface area contributed by atoms with Crippen LogP contribution in [-0.2, 0) is 13.6 Å². The van der Waals surface area contributed by atoms with E-state index in [4.69, 9.17) is 0 Å². The molecular formula is C10H13N3O2. The van der Waals surface area contributed by atoms with Crippen LogP contribution in [0.4, 0.5) is 0 Å². The van der Waals surface area contributed by atoms with Gasteiger partial charge in [-0.1, -0.05) is 0 Å². The average Bonchev–Trinajstić information content (AvgIpc) is 2.43. The molecular weight excluding hydrogens is 194 g/mol. The van der Waals surface area contributed by atoms with Crippen LogP contribution < -0.4 is 11.2 Å². The number of H-pyrrole nitrogens is 1. The van der Waals surface area contributed by atoms with Gasteiger partial charge < -0.3 is 9.55 Å². The number of rotatable bonds is 1. The van der Waals surface area contributed by atoms with E-state index in [1.807, 2.05) is 14.0 Å². The molecule has 0 aliphatic rings. The summed E-state index contributed by atoms with van der Waals surface area (Å²) in [5, 5.41) is 0. The Labute approximate surface area is 86.0 Å². The van der Waals surface area contributed by atoms with Gasteiger partial charge in [-0.2, -0.15) is 0 Å². The van der Waals surface area contributed by atoms with Crippen LogP contribution in [0.5, 0.6) is 0 Å². The fourth-order valence-corrected chi connectivity index (χ4v) is 1.78. The average molecular weight is 207 g/mol. The third-order valence-corrected chi connectivity index (χ3v) is 2.72. The first-order valence-electron chi connectivity index (χ1n) is 4.85. The molecule has 5 heteroatoms. The van der Waals surface area contributed by atoms with Crippen molar-refractivity contribution in [2.24, 2.45) is 7.05 Å². The standard InChI is InChI=1S/C10H13N3O2/c1-4-13-9(14)8-7(11-10(13)15)5-6(2)12(8)3/h5H,4H2,1-3H3,(H,11,15). The summed E-state index contributed by atoms with van der Waals surface area (Å²) in [4.78, 5) is 26.1. The summed E-state index contributed by atoms with van der Waals surface area (Å²) in [6, 6.07) is 1.80. The van der Waals surface area contributed by atoms with Crippen LogP contribution in [0.15, 0.2) is 15.7 Å². The van der Waals surface area contributed by atoms with E-state index in [-0.39, 0.29) is 11.2 Å². The fourth-order valence-electron chi connectivity index (χ4n) is 1.78. The minimum Gasteiger partial charge on any atom is -0.342 e. The van der Waals surface area contributed by atoms with Crippen molar-refractivity contribution in [2.45, 2.75) is 20.4 Å². The van der Waals surface area contributed by atoms with Crippen LogP contribution >= 0.6 is 0 Å². The maximum atomic E-state index is 11.9. The molecule has 0 aliphatic carbocycles. The predicted octanol–water partition coefficient (Wildman–Crippen LogP) is 0.357. The first-order chi connectivity index (χ1) is 7.06. The summed E-state index contributed by atoms with van der Waals surface area (Å²) in [5.74, 6) is 0. The highest BCUT2D eigenvalue weighted by Gasteiger charge is 2.10. The van der Waals surface area contributed by atoms with E-state index in [1.165, 1.54) is 4.57 Å². The maximum Gasteiger partial charge on any atom is 0.328 e. The Balaban J connectivity index is 3.06. The molecule has 0 aromatic carbocycles. The summed E-state index contributed by atoms with van der Waals surface area (Å²) < 4.78 is 2.99. The van der Waals surface area contributed by atoms with Crippen LogP contribution in [0, 0.1) is 6.92 Å². The first-order valence-corrected chi connectivity index (χ1v) is 4.85. The van der Waals surface area contributed by atoms with E-state index in [1.54, 1.807) is 17.6 Å². The van der Waals surface area contributed by atoms with Gasteiger partial charge in [-0.15, -0.1) is 0 Å². The number of hydrogen-bond donors (Lipinski definition) is 1. The van der Waals surface area contributed by atoms with Crippen LogP contribution in [0.3, 0.4) is 0 Å². The molecule has 2 aromatic rings. The lowest BCUT2D eigenvalue weighted by Gasteiger charge is -2.02. The molecule has 2 rings (SSSR count). The molecule has 80 valence electrons. The Morgan fingerprint density at radius 1 is 1.40 bits per heavy atom. The van der Waals surface area contributed by atoms with Gasteiger partial charge in [0, 0.05) is 19.3 Å². The Bertz CT molecular complexity index is 630. The Hall–Kier alpha value is -1.78. The number of aromatic amines is 1. The molecule has 0 spiro atoms. The SMILES string of the molecule is CCn1c(=O)[nH]c2cc(C)n(C)c2c1=O. The lowest BCUT2D eigenvalue weighted by Crippen LogP contribution is -2.34. The normalized spacial score (nSPS) is 11.1. The van der Waals surface area contributed by atoms with E-state index >= 15 is 0 Å². The van der Waals surface area contributed by atoms with Crippen LogP contribution in [0.25, 0.3) is 11.0 Å². The summed E-state index contributed by atoms with van der Waals surface area (Å²) in [5.41, 5.74) is 1.53. The third kappa shape index (κ3) is 1.23. The fraction of sp³-hybridized carbons (Fsp3) is 0.400. The van der Waals surface area contributed by atoms with Gasteiger partial charge in [0.05, 0.1) is 5.52 Å². The molecule has 15 heavy (non-hydrogen) atoms. The molecule has 0 saturated heterocycles. The molecule has 0 aliphatic heterocycles. The van der Waals surface area contributed by atoms with Crippen molar-refractivity contribution < 1.29 is 0 Å². The topological polar surface area (TPSA) is 59.8 Å². The summed E-state index contributed by atoms with van der Waals surface area (Å²) in [6.07, 6.45) is 0. The van der Waals surface area contributed by atoms with Crippen molar-refractivity contribution in [1.82, 2.24) is 14.1 Å². The van der Waals surface area contributed by atoms with E-state index in [0.717, 1.165) is 5.69 Å². The number of nitrogens with one attached hydrogen (secondary N) is 1. The number of nitrogens with zero attached hydrogens (tertiary/aromatic N) is 2. The van der Waals surface area contributed by atoms with E-state index in [2.05, 4.69) is 4.98 Å². The second kappa shape index (κ2) is 3.12. The minimum absolute atomic E-state index is 0.230. The van der Waals surface area contributed by atoms with Gasteiger partial charge in [0.25, 0.3) is 5.56 Å². The highest BCUT2D eigenvalue weighted by Crippen LogP contribution is 2.09. The molecule has 0 bridgehead atoms. The van der Waals surface area contributed by atoms with Crippen LogP contribution in [0.1, 0.15) is 12.6 Å². The van der Waals surface area contributed by atoms with Crippen molar-refractivity contribution in [1.29, 1.82) is 0 Å². The minimum atomic E-state index is -0.347. The van der Waals surface area contributed by atoms with Gasteiger partial charge in [-0.25, -0.2) is 4.79 Å². The maximum absolute atomic E-state index is 11.9. The molecule has 0 atom stereocenters. The molecule has 0 fully saturated rings. The second-order valence-corrected chi connectivity index (χ2v) is 3.59. The number of hydrogen-bond acceptors (Lipinski definition) is 2. The largest absolute Gasteiger partial charge is 0.342 e. The van der Waals surface area contributed by atoms with E-state index < -0.39 is 0 Å². The van der Waals surface area contributed by atoms with Crippen molar-refractivity contribution >= 4 is 11.0 Å². The highest BCUT2D eigenvalue weighted by molar-refractivity contribution is 5.75. The van der Waals surface area contributed by atoms with Gasteiger partial charge in [0.1, 0.15) is 5.52 Å². The zero-order valence-electron chi connectivity index (χ0n) is 9.00. The number of aryl methyl sites for hydroxylation is 2. The summed E-state index contributed by atoms with van der Waals surface area (Å²) in [6.45, 7) is 4.06. The van der Waals surface area contributed by atoms with Gasteiger partial charge in [0.15, 0.2) is 0 Å². The lowest BCUT2D eigenvalue weighted by molar-refractivity contribution is 0.679. The molecule has 2 aromatic heterocycles. The monoisotopic (exact) mass is 207 g/mol. The molecule has 0 radical (unpaired) electrons. The van der Waals surface area contributed by atoms with Gasteiger partial charge in [0.2, 0.25) is 0 Å². The van der Waals surface area contributed by atoms with E-state index in [9.17, 15) is 9.59 Å². The Morgan fingerprint density at radius 3 is 2.67 bits per heavy atom. The van der Waals surface area contributed by atoms with Crippen molar-refractivity contribution in [3.05, 3.63) is 32.6 Å². The van der Waals surface area contributed by atoms with Gasteiger partial charge in [-0.3, -0.25) is 9.36 Å². The molecule has 1 N–H and O–H groups in total. The number of aromatic nitrogens is 3. The van der Waals surface area contributed by atoms with Gasteiger partial charge in [-0.05, 0) is 19.9 Å². The molecule has 0 unspecified atom stereocenters. The van der Waals surface area contributed by atoms with E-state index in [0.29, 0.717) is 17.6 Å². The number of fused-ring (bicyclic) bond motifs is 1. The summed E-state index contributed by atoms with van der Waals surface area (Å²) >= 11 is 0. The molecule has 0 saturated carbocycles. The second-order valence-electron chi connectivity index (χ2n) is 3.59. The Kier molecular flexibility index (Phi) is 2.03. The summed E-state index contributed by atoms with van der Waals surface area (Å²) in [7, 11) is 1.82. The smallest absolute Gasteiger partial charge is 0.328 e. The predicted molar refractivity (Wildman–Crippen MR) is 58.2 cm³/mol. The first kappa shape index (κ1) is 9.76. The quantitative estimate of drug-likeness (QED) is 0.733.